The predicted molar refractivity (Wildman–Crippen MR) is 160 cm³/mol. The number of benzene rings is 1. The van der Waals surface area contributed by atoms with Gasteiger partial charge in [0.15, 0.2) is 5.78 Å². The van der Waals surface area contributed by atoms with Crippen molar-refractivity contribution in [1.29, 1.82) is 5.41 Å². The maximum atomic E-state index is 10.4. The van der Waals surface area contributed by atoms with Crippen molar-refractivity contribution in [1.82, 2.24) is 4.98 Å². The Labute approximate surface area is 233 Å². The van der Waals surface area contributed by atoms with E-state index in [0.29, 0.717) is 12.1 Å². The van der Waals surface area contributed by atoms with Crippen LogP contribution in [-0.2, 0) is 11.2 Å². The molecule has 0 saturated carbocycles. The van der Waals surface area contributed by atoms with Crippen LogP contribution in [0, 0.1) is 11.3 Å². The van der Waals surface area contributed by atoms with E-state index in [1.165, 1.54) is 31.4 Å². The number of rotatable bonds is 9. The summed E-state index contributed by atoms with van der Waals surface area (Å²) in [6.07, 6.45) is 4.57. The largest absolute Gasteiger partial charge is 0.386 e. The number of hydrogen-bond donors (Lipinski definition) is 2. The van der Waals surface area contributed by atoms with E-state index in [2.05, 4.69) is 79.8 Å². The molecule has 0 spiro atoms. The van der Waals surface area contributed by atoms with Gasteiger partial charge < -0.3 is 15.6 Å². The van der Waals surface area contributed by atoms with Crippen LogP contribution < -0.4 is 10.2 Å². The van der Waals surface area contributed by atoms with Gasteiger partial charge in [-0.1, -0.05) is 66.2 Å². The molecule has 1 aliphatic heterocycles. The summed E-state index contributed by atoms with van der Waals surface area (Å²) in [5.41, 5.74) is 5.10. The minimum absolute atomic E-state index is 0.0185. The van der Waals surface area contributed by atoms with Gasteiger partial charge in [0.05, 0.1) is 11.3 Å². The fraction of sp³-hybridized carbons (Fsp3) is 0.516. The SMILES string of the molecule is C=CC(C)=O.CC(F)(F)F.CCC.CCCc1ccc(Nc2nccc(N3CC(CC)C3)c2C(=N)CC)cc1. The van der Waals surface area contributed by atoms with E-state index in [1.807, 2.05) is 13.1 Å². The van der Waals surface area contributed by atoms with Crippen molar-refractivity contribution in [3.05, 3.63) is 60.3 Å². The molecule has 0 aliphatic carbocycles. The van der Waals surface area contributed by atoms with Crippen LogP contribution in [0.1, 0.15) is 85.3 Å². The van der Waals surface area contributed by atoms with Crippen molar-refractivity contribution in [2.45, 2.75) is 86.7 Å². The number of nitrogens with one attached hydrogen (secondary N) is 2. The number of carbonyl (C=O) groups is 1. The molecule has 0 bridgehead atoms. The summed E-state index contributed by atoms with van der Waals surface area (Å²) in [4.78, 5) is 16.6. The van der Waals surface area contributed by atoms with E-state index in [-0.39, 0.29) is 12.7 Å². The Morgan fingerprint density at radius 1 is 1.13 bits per heavy atom. The lowest BCUT2D eigenvalue weighted by atomic mass is 9.94. The number of allylic oxidation sites excluding steroid dienone is 1. The number of aryl methyl sites for hydroxylation is 1. The molecule has 0 amide bonds. The highest BCUT2D eigenvalue weighted by molar-refractivity contribution is 6.07. The highest BCUT2D eigenvalue weighted by Crippen LogP contribution is 2.34. The summed E-state index contributed by atoms with van der Waals surface area (Å²) in [6, 6.07) is 10.6. The van der Waals surface area contributed by atoms with Gasteiger partial charge in [-0.2, -0.15) is 13.2 Å². The lowest BCUT2D eigenvalue weighted by molar-refractivity contribution is -0.112. The Kier molecular flexibility index (Phi) is 17.4. The summed E-state index contributed by atoms with van der Waals surface area (Å²) in [6.45, 7) is 17.8. The zero-order valence-electron chi connectivity index (χ0n) is 24.7. The minimum atomic E-state index is -4.00. The third-order valence-corrected chi connectivity index (χ3v) is 5.50. The predicted octanol–water partition coefficient (Wildman–Crippen LogP) is 9.15. The lowest BCUT2D eigenvalue weighted by Crippen LogP contribution is -2.47. The first kappa shape index (κ1) is 35.8. The zero-order valence-corrected chi connectivity index (χ0v) is 24.7. The van der Waals surface area contributed by atoms with E-state index in [4.69, 9.17) is 5.41 Å². The number of aromatic nitrogens is 1. The summed E-state index contributed by atoms with van der Waals surface area (Å²) in [7, 11) is 0. The quantitative estimate of drug-likeness (QED) is 0.242. The second kappa shape index (κ2) is 19.0. The Hall–Kier alpha value is -3.16. The number of hydrogen-bond acceptors (Lipinski definition) is 5. The molecule has 1 aliphatic rings. The van der Waals surface area contributed by atoms with Crippen LogP contribution in [0.25, 0.3) is 0 Å². The molecule has 0 atom stereocenters. The van der Waals surface area contributed by atoms with E-state index in [1.54, 1.807) is 0 Å². The Bertz CT molecular complexity index is 992. The highest BCUT2D eigenvalue weighted by Gasteiger charge is 2.28. The Morgan fingerprint density at radius 3 is 2.05 bits per heavy atom. The number of carbonyl (C=O) groups excluding carboxylic acids is 1. The number of anilines is 3. The maximum Gasteiger partial charge on any atom is 0.386 e. The topological polar surface area (TPSA) is 69.1 Å². The molecule has 5 nitrogen and oxygen atoms in total. The molecule has 1 aromatic heterocycles. The molecule has 1 aromatic carbocycles. The van der Waals surface area contributed by atoms with Crippen LogP contribution in [0.3, 0.4) is 0 Å². The average Bonchev–Trinajstić information content (AvgIpc) is 2.84. The molecule has 218 valence electrons. The molecule has 2 heterocycles. The first-order valence-electron chi connectivity index (χ1n) is 13.7. The van der Waals surface area contributed by atoms with Crippen molar-refractivity contribution < 1.29 is 18.0 Å². The van der Waals surface area contributed by atoms with Crippen molar-refractivity contribution in [3.63, 3.8) is 0 Å². The summed E-state index contributed by atoms with van der Waals surface area (Å²) >= 11 is 0. The van der Waals surface area contributed by atoms with Crippen molar-refractivity contribution in [2.75, 3.05) is 23.3 Å². The molecule has 3 rings (SSSR count). The third-order valence-electron chi connectivity index (χ3n) is 5.50. The number of alkyl halides is 3. The van der Waals surface area contributed by atoms with Crippen molar-refractivity contribution in [2.24, 2.45) is 5.92 Å². The van der Waals surface area contributed by atoms with Gasteiger partial charge in [-0.05, 0) is 61.9 Å². The van der Waals surface area contributed by atoms with Crippen LogP contribution >= 0.6 is 0 Å². The van der Waals surface area contributed by atoms with Gasteiger partial charge in [-0.25, -0.2) is 4.98 Å². The zero-order chi connectivity index (χ0) is 30.0. The third kappa shape index (κ3) is 15.1. The van der Waals surface area contributed by atoms with Crippen LogP contribution in [-0.4, -0.2) is 35.7 Å². The van der Waals surface area contributed by atoms with Crippen molar-refractivity contribution >= 4 is 28.7 Å². The van der Waals surface area contributed by atoms with Crippen LogP contribution in [0.2, 0.25) is 0 Å². The molecule has 2 aromatic rings. The molecular formula is C31H47F3N4O. The molecule has 1 saturated heterocycles. The average molecular weight is 549 g/mol. The Balaban J connectivity index is 0.000000929. The fourth-order valence-corrected chi connectivity index (χ4v) is 3.49. The molecule has 39 heavy (non-hydrogen) atoms. The van der Waals surface area contributed by atoms with Gasteiger partial charge in [-0.15, -0.1) is 0 Å². The van der Waals surface area contributed by atoms with E-state index < -0.39 is 6.18 Å². The van der Waals surface area contributed by atoms with E-state index in [0.717, 1.165) is 54.6 Å². The monoisotopic (exact) mass is 548 g/mol. The fourth-order valence-electron chi connectivity index (χ4n) is 3.49. The summed E-state index contributed by atoms with van der Waals surface area (Å²) in [5, 5.41) is 11.9. The first-order chi connectivity index (χ1) is 18.3. The highest BCUT2D eigenvalue weighted by atomic mass is 19.4. The first-order valence-corrected chi connectivity index (χ1v) is 13.7. The van der Waals surface area contributed by atoms with Gasteiger partial charge in [0.2, 0.25) is 0 Å². The molecule has 8 heteroatoms. The van der Waals surface area contributed by atoms with Crippen molar-refractivity contribution in [3.8, 4) is 0 Å². The molecular weight excluding hydrogens is 501 g/mol. The second-order valence-corrected chi connectivity index (χ2v) is 9.44. The van der Waals surface area contributed by atoms with E-state index >= 15 is 0 Å². The van der Waals surface area contributed by atoms with E-state index in [9.17, 15) is 18.0 Å². The van der Waals surface area contributed by atoms with Crippen LogP contribution in [0.4, 0.5) is 30.4 Å². The molecule has 1 fully saturated rings. The van der Waals surface area contributed by atoms with Gasteiger partial charge in [0.25, 0.3) is 0 Å². The number of ketones is 1. The summed E-state index contributed by atoms with van der Waals surface area (Å²) in [5.74, 6) is 1.58. The number of pyridine rings is 1. The molecule has 0 radical (unpaired) electrons. The van der Waals surface area contributed by atoms with Crippen LogP contribution in [0.5, 0.6) is 0 Å². The van der Waals surface area contributed by atoms with Gasteiger partial charge in [0, 0.05) is 37.6 Å². The van der Waals surface area contributed by atoms with Gasteiger partial charge >= 0.3 is 6.18 Å². The minimum Gasteiger partial charge on any atom is -0.370 e. The normalized spacial score (nSPS) is 12.3. The molecule has 0 unspecified atom stereocenters. The Morgan fingerprint density at radius 2 is 1.64 bits per heavy atom. The number of nitrogens with zero attached hydrogens (tertiary/aromatic N) is 2. The lowest BCUT2D eigenvalue weighted by Gasteiger charge is -2.42. The summed E-state index contributed by atoms with van der Waals surface area (Å²) < 4.78 is 31.1. The maximum absolute atomic E-state index is 10.4. The standard InChI is InChI=1S/C22H30N4.C4H6O.C3H8.C2H3F3/c1-4-7-17-8-10-18(11-9-17)25-22-21(19(23)6-3)20(12-13-24-22)26-14-16(5-2)15-26;1-3-4(2)5;1-3-2;1-2(3,4)5/h8-13,16,23H,4-7,14-15H2,1-3H3,(H,24,25);3H,1H2,2H3;3H2,1-2H3;1H3. The smallest absolute Gasteiger partial charge is 0.370 e. The number of halogens is 3. The van der Waals surface area contributed by atoms with Crippen LogP contribution in [0.15, 0.2) is 49.2 Å². The second-order valence-electron chi connectivity index (χ2n) is 9.44. The molecule has 2 N–H and O–H groups in total. The van der Waals surface area contributed by atoms with Gasteiger partial charge in [-0.3, -0.25) is 4.79 Å². The van der Waals surface area contributed by atoms with Gasteiger partial charge in [0.1, 0.15) is 5.82 Å².